The number of hydrazine groups is 1. The number of alkyl halides is 2. The largest absolute Gasteiger partial charge is 0.432 e. The van der Waals surface area contributed by atoms with Crippen LogP contribution in [0.15, 0.2) is 41.7 Å². The highest BCUT2D eigenvalue weighted by Gasteiger charge is 2.21. The van der Waals surface area contributed by atoms with Crippen LogP contribution >= 0.6 is 11.8 Å². The summed E-state index contributed by atoms with van der Waals surface area (Å²) in [6.45, 7) is -2.55. The van der Waals surface area contributed by atoms with E-state index in [4.69, 9.17) is 0 Å². The number of aliphatic imine (C=N–C) groups is 1. The van der Waals surface area contributed by atoms with E-state index >= 15 is 0 Å². The molecule has 0 bridgehead atoms. The average Bonchev–Trinajstić information content (AvgIpc) is 3.30. The molecule has 2 aromatic heterocycles. The number of amidine groups is 1. The second-order valence-corrected chi connectivity index (χ2v) is 7.07. The molecule has 0 aliphatic carbocycles. The zero-order chi connectivity index (χ0) is 19.7. The summed E-state index contributed by atoms with van der Waals surface area (Å²) in [4.78, 5) is 8.45. The van der Waals surface area contributed by atoms with Gasteiger partial charge in [-0.1, -0.05) is 17.8 Å². The van der Waals surface area contributed by atoms with Crippen molar-refractivity contribution in [3.8, 4) is 16.9 Å². The molecule has 1 unspecified atom stereocenters. The van der Waals surface area contributed by atoms with Crippen LogP contribution in [0.2, 0.25) is 0 Å². The van der Waals surface area contributed by atoms with Gasteiger partial charge in [0.2, 0.25) is 0 Å². The Bertz CT molecular complexity index is 1040. The van der Waals surface area contributed by atoms with Gasteiger partial charge in [-0.15, -0.1) is 0 Å². The molecule has 1 aliphatic heterocycles. The van der Waals surface area contributed by atoms with Gasteiger partial charge in [-0.25, -0.2) is 9.82 Å². The molecule has 1 aromatic carbocycles. The molecule has 3 aromatic rings. The van der Waals surface area contributed by atoms with Crippen molar-refractivity contribution in [3.05, 3.63) is 42.5 Å². The van der Waals surface area contributed by atoms with Gasteiger partial charge in [0.1, 0.15) is 5.52 Å². The normalized spacial score (nSPS) is 18.2. The second-order valence-electron chi connectivity index (χ2n) is 5.88. The van der Waals surface area contributed by atoms with Crippen molar-refractivity contribution in [2.24, 2.45) is 4.99 Å². The summed E-state index contributed by atoms with van der Waals surface area (Å²) in [5, 5.41) is 5.18. The first kappa shape index (κ1) is 18.6. The number of rotatable bonds is 5. The van der Waals surface area contributed by atoms with Gasteiger partial charge >= 0.3 is 6.61 Å². The van der Waals surface area contributed by atoms with E-state index in [2.05, 4.69) is 30.7 Å². The van der Waals surface area contributed by atoms with Crippen molar-refractivity contribution < 1.29 is 17.9 Å². The molecule has 28 heavy (non-hydrogen) atoms. The fourth-order valence-electron chi connectivity index (χ4n) is 2.81. The molecule has 1 saturated heterocycles. The highest BCUT2D eigenvalue weighted by Crippen LogP contribution is 2.29. The Morgan fingerprint density at radius 1 is 1.29 bits per heavy atom. The minimum absolute atomic E-state index is 0.0299. The molecule has 0 saturated carbocycles. The number of nitrogens with zero attached hydrogens (tertiary/aromatic N) is 4. The number of hydrogen-bond acceptors (Lipinski definition) is 6. The van der Waals surface area contributed by atoms with E-state index in [1.807, 2.05) is 6.07 Å². The molecule has 1 fully saturated rings. The Morgan fingerprint density at radius 3 is 2.89 bits per heavy atom. The van der Waals surface area contributed by atoms with Crippen LogP contribution in [0, 0.1) is 5.82 Å². The Labute approximate surface area is 162 Å². The van der Waals surface area contributed by atoms with Crippen molar-refractivity contribution in [1.82, 2.24) is 25.6 Å². The summed E-state index contributed by atoms with van der Waals surface area (Å²) < 4.78 is 44.6. The van der Waals surface area contributed by atoms with E-state index in [1.165, 1.54) is 12.1 Å². The lowest BCUT2D eigenvalue weighted by molar-refractivity contribution is -0.0521. The second kappa shape index (κ2) is 7.68. The van der Waals surface area contributed by atoms with Crippen molar-refractivity contribution in [3.63, 3.8) is 0 Å². The van der Waals surface area contributed by atoms with E-state index in [0.717, 1.165) is 16.8 Å². The number of ether oxygens (including phenoxy) is 1. The average molecular weight is 408 g/mol. The predicted molar refractivity (Wildman–Crippen MR) is 101 cm³/mol. The van der Waals surface area contributed by atoms with Crippen LogP contribution in [0.5, 0.6) is 5.75 Å². The maximum absolute atomic E-state index is 13.7. The number of halogens is 3. The smallest absolute Gasteiger partial charge is 0.387 e. The standard InChI is InChI=1S/C17H15F3N6OS/c1-21-17-25-24-15(28-17)8-26-13-4-10(6-22-12(13)7-23-26)9-2-3-11(18)14(5-9)27-16(19)20/h2-7,15-16,24H,8H2,1H3,(H,21,25). The molecule has 1 aliphatic rings. The van der Waals surface area contributed by atoms with Crippen molar-refractivity contribution in [2.45, 2.75) is 18.5 Å². The van der Waals surface area contributed by atoms with Crippen molar-refractivity contribution in [2.75, 3.05) is 7.05 Å². The molecule has 1 atom stereocenters. The lowest BCUT2D eigenvalue weighted by atomic mass is 10.1. The third-order valence-electron chi connectivity index (χ3n) is 4.11. The monoisotopic (exact) mass is 408 g/mol. The van der Waals surface area contributed by atoms with Crippen LogP contribution in [0.1, 0.15) is 0 Å². The molecule has 3 heterocycles. The Hall–Kier alpha value is -2.79. The minimum Gasteiger partial charge on any atom is -0.432 e. The van der Waals surface area contributed by atoms with E-state index in [-0.39, 0.29) is 5.37 Å². The Kier molecular flexibility index (Phi) is 5.09. The van der Waals surface area contributed by atoms with Crippen LogP contribution in [0.25, 0.3) is 22.2 Å². The zero-order valence-electron chi connectivity index (χ0n) is 14.6. The molecule has 7 nitrogen and oxygen atoms in total. The molecule has 2 N–H and O–H groups in total. The molecular formula is C17H15F3N6OS. The van der Waals surface area contributed by atoms with Crippen molar-refractivity contribution >= 4 is 28.0 Å². The fraction of sp³-hybridized carbons (Fsp3) is 0.235. The maximum atomic E-state index is 13.7. The molecule has 0 radical (unpaired) electrons. The van der Waals surface area contributed by atoms with Gasteiger partial charge in [0.25, 0.3) is 0 Å². The first-order valence-electron chi connectivity index (χ1n) is 8.25. The quantitative estimate of drug-likeness (QED) is 0.676. The SMILES string of the molecule is CN=C1NNC(Cn2ncc3ncc(-c4ccc(F)c(OC(F)F)c4)cc32)S1. The summed E-state index contributed by atoms with van der Waals surface area (Å²) in [7, 11) is 1.70. The number of aromatic nitrogens is 3. The van der Waals surface area contributed by atoms with Crippen LogP contribution in [-0.2, 0) is 6.54 Å². The van der Waals surface area contributed by atoms with E-state index < -0.39 is 18.2 Å². The van der Waals surface area contributed by atoms with E-state index in [0.29, 0.717) is 23.2 Å². The topological polar surface area (TPSA) is 76.4 Å². The molecule has 0 amide bonds. The van der Waals surface area contributed by atoms with E-state index in [9.17, 15) is 13.2 Å². The zero-order valence-corrected chi connectivity index (χ0v) is 15.4. The Morgan fingerprint density at radius 2 is 2.14 bits per heavy atom. The highest BCUT2D eigenvalue weighted by atomic mass is 32.2. The lowest BCUT2D eigenvalue weighted by Crippen LogP contribution is -2.33. The first-order chi connectivity index (χ1) is 13.5. The van der Waals surface area contributed by atoms with Gasteiger partial charge in [0.15, 0.2) is 16.7 Å². The third-order valence-corrected chi connectivity index (χ3v) is 5.17. The predicted octanol–water partition coefficient (Wildman–Crippen LogP) is 2.99. The van der Waals surface area contributed by atoms with Crippen LogP contribution in [0.3, 0.4) is 0 Å². The number of thioether (sulfide) groups is 1. The summed E-state index contributed by atoms with van der Waals surface area (Å²) in [5.74, 6) is -1.36. The number of pyridine rings is 1. The van der Waals surface area contributed by atoms with Gasteiger partial charge in [0.05, 0.1) is 23.6 Å². The summed E-state index contributed by atoms with van der Waals surface area (Å²) >= 11 is 1.54. The number of fused-ring (bicyclic) bond motifs is 1. The molecule has 11 heteroatoms. The summed E-state index contributed by atoms with van der Waals surface area (Å²) in [5.41, 5.74) is 8.69. The number of hydrogen-bond donors (Lipinski definition) is 2. The van der Waals surface area contributed by atoms with E-state index in [1.54, 1.807) is 35.9 Å². The molecule has 0 spiro atoms. The fourth-order valence-corrected chi connectivity index (χ4v) is 3.64. The van der Waals surface area contributed by atoms with Gasteiger partial charge in [-0.05, 0) is 23.8 Å². The number of nitrogens with one attached hydrogen (secondary N) is 2. The van der Waals surface area contributed by atoms with Gasteiger partial charge in [0, 0.05) is 18.8 Å². The molecule has 146 valence electrons. The highest BCUT2D eigenvalue weighted by molar-refractivity contribution is 8.14. The summed E-state index contributed by atoms with van der Waals surface area (Å²) in [6.07, 6.45) is 3.23. The van der Waals surface area contributed by atoms with Crippen LogP contribution in [0.4, 0.5) is 13.2 Å². The van der Waals surface area contributed by atoms with Crippen LogP contribution in [-0.4, -0.2) is 39.0 Å². The first-order valence-corrected chi connectivity index (χ1v) is 9.13. The van der Waals surface area contributed by atoms with Crippen LogP contribution < -0.4 is 15.6 Å². The third kappa shape index (κ3) is 3.76. The summed E-state index contributed by atoms with van der Waals surface area (Å²) in [6, 6.07) is 5.63. The maximum Gasteiger partial charge on any atom is 0.387 e. The van der Waals surface area contributed by atoms with Gasteiger partial charge in [-0.2, -0.15) is 13.9 Å². The lowest BCUT2D eigenvalue weighted by Gasteiger charge is -2.10. The Balaban J connectivity index is 1.64. The van der Waals surface area contributed by atoms with Gasteiger partial charge in [-0.3, -0.25) is 20.1 Å². The van der Waals surface area contributed by atoms with Gasteiger partial charge < -0.3 is 4.74 Å². The number of benzene rings is 1. The molecule has 4 rings (SSSR count). The van der Waals surface area contributed by atoms with Crippen molar-refractivity contribution in [1.29, 1.82) is 0 Å². The minimum atomic E-state index is -3.10. The molecular weight excluding hydrogens is 393 g/mol.